The number of aryl methyl sites for hydroxylation is 1. The molecule has 0 radical (unpaired) electrons. The maximum absolute atomic E-state index is 13.5. The predicted molar refractivity (Wildman–Crippen MR) is 137 cm³/mol. The predicted octanol–water partition coefficient (Wildman–Crippen LogP) is 7.21. The number of hydrogen-bond acceptors (Lipinski definition) is 3. The lowest BCUT2D eigenvalue weighted by Crippen LogP contribution is -2.42. The van der Waals surface area contributed by atoms with E-state index in [1.807, 2.05) is 84.6 Å². The molecule has 34 heavy (non-hydrogen) atoms. The van der Waals surface area contributed by atoms with E-state index in [1.54, 1.807) is 6.07 Å². The number of benzene rings is 3. The molecule has 0 spiro atoms. The summed E-state index contributed by atoms with van der Waals surface area (Å²) >= 11 is 6.65. The summed E-state index contributed by atoms with van der Waals surface area (Å²) in [5, 5.41) is 21.4. The van der Waals surface area contributed by atoms with Crippen molar-refractivity contribution in [2.45, 2.75) is 32.1 Å². The van der Waals surface area contributed by atoms with Crippen LogP contribution in [0.1, 0.15) is 41.9 Å². The number of amidine groups is 1. The normalized spacial score (nSPS) is 19.8. The fraction of sp³-hybridized carbons (Fsp3) is 0.172. The number of aliphatic hydroxyl groups is 1. The number of carbonyl (C=O) groups is 1. The Hall–Kier alpha value is -3.63. The molecule has 0 aromatic heterocycles. The molecule has 0 saturated carbocycles. The molecule has 0 fully saturated rings. The van der Waals surface area contributed by atoms with Crippen molar-refractivity contribution < 1.29 is 9.90 Å². The Labute approximate surface area is 204 Å². The van der Waals surface area contributed by atoms with E-state index >= 15 is 0 Å². The van der Waals surface area contributed by atoms with E-state index < -0.39 is 5.92 Å². The van der Waals surface area contributed by atoms with Crippen molar-refractivity contribution in [3.8, 4) is 0 Å². The molecule has 1 aliphatic carbocycles. The molecule has 5 rings (SSSR count). The van der Waals surface area contributed by atoms with E-state index in [0.29, 0.717) is 34.6 Å². The summed E-state index contributed by atoms with van der Waals surface area (Å²) in [6.07, 6.45) is 1.85. The van der Waals surface area contributed by atoms with E-state index in [0.717, 1.165) is 28.9 Å². The van der Waals surface area contributed by atoms with E-state index in [2.05, 4.69) is 0 Å². The Kier molecular flexibility index (Phi) is 5.84. The Balaban J connectivity index is 1.84. The fourth-order valence-electron chi connectivity index (χ4n) is 4.94. The molecule has 5 heteroatoms. The second kappa shape index (κ2) is 8.96. The second-order valence-electron chi connectivity index (χ2n) is 8.74. The van der Waals surface area contributed by atoms with Gasteiger partial charge in [0, 0.05) is 45.5 Å². The Morgan fingerprint density at radius 3 is 2.35 bits per heavy atom. The van der Waals surface area contributed by atoms with E-state index in [-0.39, 0.29) is 17.4 Å². The first-order chi connectivity index (χ1) is 16.5. The summed E-state index contributed by atoms with van der Waals surface area (Å²) in [5.74, 6) is -0.442. The van der Waals surface area contributed by atoms with Crippen LogP contribution in [0, 0.1) is 12.3 Å². The Morgan fingerprint density at radius 1 is 0.971 bits per heavy atom. The minimum Gasteiger partial charge on any atom is -0.507 e. The van der Waals surface area contributed by atoms with E-state index in [9.17, 15) is 15.3 Å². The quantitative estimate of drug-likeness (QED) is 0.399. The molecule has 0 bridgehead atoms. The first kappa shape index (κ1) is 22.2. The maximum atomic E-state index is 13.5. The molecular weight excluding hydrogens is 444 g/mol. The molecule has 1 atom stereocenters. The zero-order chi connectivity index (χ0) is 23.8. The summed E-state index contributed by atoms with van der Waals surface area (Å²) < 4.78 is 0. The second-order valence-corrected chi connectivity index (χ2v) is 9.15. The molecule has 3 aromatic rings. The number of rotatable bonds is 3. The number of Topliss-reactive ketones (excluding diaryl/α,β-unsaturated/α-hetero) is 1. The number of allylic oxidation sites excluding steroid dienone is 2. The minimum absolute atomic E-state index is 0.0132. The van der Waals surface area contributed by atoms with Gasteiger partial charge in [0.05, 0.1) is 0 Å². The van der Waals surface area contributed by atoms with Crippen LogP contribution in [0.15, 0.2) is 95.7 Å². The third-order valence-electron chi connectivity index (χ3n) is 6.57. The van der Waals surface area contributed by atoms with Gasteiger partial charge < -0.3 is 5.11 Å². The van der Waals surface area contributed by atoms with Gasteiger partial charge in [-0.05, 0) is 43.5 Å². The van der Waals surface area contributed by atoms with Gasteiger partial charge in [-0.1, -0.05) is 77.8 Å². The van der Waals surface area contributed by atoms with Gasteiger partial charge in [-0.15, -0.1) is 0 Å². The molecule has 0 unspecified atom stereocenters. The van der Waals surface area contributed by atoms with Crippen LogP contribution in [-0.2, 0) is 4.79 Å². The van der Waals surface area contributed by atoms with Crippen molar-refractivity contribution in [3.63, 3.8) is 0 Å². The molecule has 1 aliphatic heterocycles. The molecule has 2 aliphatic rings. The Bertz CT molecular complexity index is 1340. The van der Waals surface area contributed by atoms with Crippen LogP contribution in [0.5, 0.6) is 0 Å². The van der Waals surface area contributed by atoms with Gasteiger partial charge in [0.15, 0.2) is 5.78 Å². The van der Waals surface area contributed by atoms with Gasteiger partial charge in [-0.2, -0.15) is 0 Å². The third kappa shape index (κ3) is 3.74. The molecule has 0 saturated heterocycles. The highest BCUT2D eigenvalue weighted by Gasteiger charge is 2.43. The monoisotopic (exact) mass is 468 g/mol. The number of para-hydroxylation sites is 1. The number of hydrogen-bond donors (Lipinski definition) is 2. The van der Waals surface area contributed by atoms with E-state index in [1.165, 1.54) is 0 Å². The number of carbonyl (C=O) groups excluding carboxylic acids is 1. The lowest BCUT2D eigenvalue weighted by molar-refractivity contribution is -0.116. The summed E-state index contributed by atoms with van der Waals surface area (Å²) in [7, 11) is 0. The van der Waals surface area contributed by atoms with Crippen molar-refractivity contribution in [2.75, 3.05) is 4.90 Å². The van der Waals surface area contributed by atoms with Gasteiger partial charge in [0.1, 0.15) is 11.6 Å². The zero-order valence-corrected chi connectivity index (χ0v) is 19.6. The van der Waals surface area contributed by atoms with Crippen LogP contribution >= 0.6 is 11.6 Å². The van der Waals surface area contributed by atoms with Crippen LogP contribution in [0.25, 0.3) is 5.76 Å². The summed E-state index contributed by atoms with van der Waals surface area (Å²) in [4.78, 5) is 15.3. The molecule has 2 N–H and O–H groups in total. The number of nitrogens with zero attached hydrogens (tertiary/aromatic N) is 1. The highest BCUT2D eigenvalue weighted by Crippen LogP contribution is 2.49. The van der Waals surface area contributed by atoms with Crippen LogP contribution in [-0.4, -0.2) is 16.7 Å². The van der Waals surface area contributed by atoms with Crippen LogP contribution in [0.4, 0.5) is 5.69 Å². The lowest BCUT2D eigenvalue weighted by atomic mass is 9.73. The molecule has 1 heterocycles. The van der Waals surface area contributed by atoms with E-state index in [4.69, 9.17) is 11.6 Å². The first-order valence-electron chi connectivity index (χ1n) is 11.4. The standard InChI is InChI=1S/C29H25ClN2O2/c1-18-14-16-19(17-15-18)28(34)27-25(21-10-5-6-11-22(21)30)26-23(12-7-13-24(26)33)32(29(27)31)20-8-3-2-4-9-20/h2-6,8-11,14-17,25,31,34H,7,12-13H2,1H3/t25-/m1/s1. The minimum atomic E-state index is -0.620. The summed E-state index contributed by atoms with van der Waals surface area (Å²) in [5.41, 5.74) is 5.00. The van der Waals surface area contributed by atoms with Crippen molar-refractivity contribution in [3.05, 3.63) is 117 Å². The fourth-order valence-corrected chi connectivity index (χ4v) is 5.19. The van der Waals surface area contributed by atoms with Crippen LogP contribution < -0.4 is 4.90 Å². The SMILES string of the molecule is Cc1ccc(C(O)=C2C(=N)N(c3ccccc3)C3=C(C(=O)CCC3)[C@H]2c2ccccc2Cl)cc1. The average Bonchev–Trinajstić information content (AvgIpc) is 2.84. The number of halogens is 1. The van der Waals surface area contributed by atoms with Gasteiger partial charge >= 0.3 is 0 Å². The lowest BCUT2D eigenvalue weighted by Gasteiger charge is -2.42. The molecule has 0 amide bonds. The Morgan fingerprint density at radius 2 is 1.65 bits per heavy atom. The summed E-state index contributed by atoms with van der Waals surface area (Å²) in [6, 6.07) is 24.5. The third-order valence-corrected chi connectivity index (χ3v) is 6.91. The highest BCUT2D eigenvalue weighted by molar-refractivity contribution is 6.32. The topological polar surface area (TPSA) is 64.4 Å². The van der Waals surface area contributed by atoms with Crippen molar-refractivity contribution in [1.82, 2.24) is 0 Å². The van der Waals surface area contributed by atoms with Gasteiger partial charge in [0.2, 0.25) is 0 Å². The summed E-state index contributed by atoms with van der Waals surface area (Å²) in [6.45, 7) is 1.98. The molecule has 4 nitrogen and oxygen atoms in total. The molecular formula is C29H25ClN2O2. The van der Waals surface area contributed by atoms with Gasteiger partial charge in [-0.25, -0.2) is 0 Å². The van der Waals surface area contributed by atoms with Crippen molar-refractivity contribution in [1.29, 1.82) is 5.41 Å². The molecule has 170 valence electrons. The number of ketones is 1. The zero-order valence-electron chi connectivity index (χ0n) is 18.9. The average molecular weight is 469 g/mol. The maximum Gasteiger partial charge on any atom is 0.161 e. The van der Waals surface area contributed by atoms with Crippen LogP contribution in [0.2, 0.25) is 5.02 Å². The van der Waals surface area contributed by atoms with Crippen LogP contribution in [0.3, 0.4) is 0 Å². The number of nitrogens with one attached hydrogen (secondary N) is 1. The number of aliphatic hydroxyl groups excluding tert-OH is 1. The highest BCUT2D eigenvalue weighted by atomic mass is 35.5. The smallest absolute Gasteiger partial charge is 0.161 e. The first-order valence-corrected chi connectivity index (χ1v) is 11.8. The van der Waals surface area contributed by atoms with Crippen molar-refractivity contribution >= 4 is 34.7 Å². The largest absolute Gasteiger partial charge is 0.507 e. The number of anilines is 1. The van der Waals surface area contributed by atoms with Crippen molar-refractivity contribution in [2.24, 2.45) is 0 Å². The van der Waals surface area contributed by atoms with Gasteiger partial charge in [-0.3, -0.25) is 15.1 Å². The van der Waals surface area contributed by atoms with Gasteiger partial charge in [0.25, 0.3) is 0 Å². The molecule has 3 aromatic carbocycles.